The van der Waals surface area contributed by atoms with Gasteiger partial charge in [0.05, 0.1) is 41.8 Å². The molecule has 2 saturated heterocycles. The third kappa shape index (κ3) is 3.35. The molecule has 29 heavy (non-hydrogen) atoms. The maximum Gasteiger partial charge on any atom is 0.228 e. The Morgan fingerprint density at radius 1 is 1.24 bits per heavy atom. The van der Waals surface area contributed by atoms with E-state index >= 15 is 0 Å². The molecule has 0 radical (unpaired) electrons. The number of fused-ring (bicyclic) bond motifs is 2. The maximum absolute atomic E-state index is 13.3. The van der Waals surface area contributed by atoms with Crippen molar-refractivity contribution in [2.24, 2.45) is 12.5 Å². The Balaban J connectivity index is 1.49. The zero-order valence-corrected chi connectivity index (χ0v) is 18.2. The van der Waals surface area contributed by atoms with Crippen LogP contribution < -0.4 is 5.32 Å². The molecule has 2 aliphatic rings. The Labute approximate surface area is 173 Å². The van der Waals surface area contributed by atoms with E-state index in [4.69, 9.17) is 4.98 Å². The van der Waals surface area contributed by atoms with E-state index in [1.165, 1.54) is 12.1 Å². The molecule has 2 fully saturated rings. The highest BCUT2D eigenvalue weighted by atomic mass is 16.2. The zero-order chi connectivity index (χ0) is 20.8. The molecule has 2 aromatic heterocycles. The normalized spacial score (nSPS) is 26.2. The number of imidazole rings is 1. The van der Waals surface area contributed by atoms with Crippen LogP contribution in [0.15, 0.2) is 12.4 Å². The molecule has 0 saturated carbocycles. The van der Waals surface area contributed by atoms with E-state index in [1.807, 2.05) is 6.92 Å². The summed E-state index contributed by atoms with van der Waals surface area (Å²) in [5.41, 5.74) is 3.66. The second kappa shape index (κ2) is 7.52. The van der Waals surface area contributed by atoms with Crippen molar-refractivity contribution in [2.75, 3.05) is 0 Å². The van der Waals surface area contributed by atoms with Gasteiger partial charge in [-0.15, -0.1) is 0 Å². The van der Waals surface area contributed by atoms with Gasteiger partial charge in [-0.2, -0.15) is 0 Å². The monoisotopic (exact) mass is 396 g/mol. The van der Waals surface area contributed by atoms with Crippen molar-refractivity contribution in [2.45, 2.75) is 78.6 Å². The molecule has 7 nitrogen and oxygen atoms in total. The lowest BCUT2D eigenvalue weighted by Gasteiger charge is -2.35. The first-order valence-electron chi connectivity index (χ1n) is 10.7. The molecule has 4 rings (SSSR count). The Morgan fingerprint density at radius 2 is 2.03 bits per heavy atom. The third-order valence-corrected chi connectivity index (χ3v) is 7.26. The molecular formula is C22H32N6O. The third-order valence-electron chi connectivity index (χ3n) is 7.26. The van der Waals surface area contributed by atoms with Crippen LogP contribution in [0.4, 0.5) is 0 Å². The van der Waals surface area contributed by atoms with E-state index in [0.29, 0.717) is 12.6 Å². The molecule has 1 N–H and O–H groups in total. The van der Waals surface area contributed by atoms with Crippen molar-refractivity contribution in [3.63, 3.8) is 0 Å². The van der Waals surface area contributed by atoms with Crippen LogP contribution in [0.2, 0.25) is 0 Å². The predicted molar refractivity (Wildman–Crippen MR) is 111 cm³/mol. The van der Waals surface area contributed by atoms with E-state index in [-0.39, 0.29) is 17.4 Å². The van der Waals surface area contributed by atoms with E-state index in [0.717, 1.165) is 48.7 Å². The van der Waals surface area contributed by atoms with Gasteiger partial charge in [0.25, 0.3) is 0 Å². The fourth-order valence-electron chi connectivity index (χ4n) is 5.28. The first-order chi connectivity index (χ1) is 13.9. The Morgan fingerprint density at radius 3 is 2.66 bits per heavy atom. The summed E-state index contributed by atoms with van der Waals surface area (Å²) in [5.74, 6) is 1.26. The molecule has 7 heteroatoms. The molecule has 2 bridgehead atoms. The van der Waals surface area contributed by atoms with Crippen LogP contribution in [0.5, 0.6) is 0 Å². The lowest BCUT2D eigenvalue weighted by Crippen LogP contribution is -2.48. The highest BCUT2D eigenvalue weighted by Crippen LogP contribution is 2.52. The number of carbonyl (C=O) groups excluding carboxylic acids is 1. The molecule has 0 aliphatic carbocycles. The van der Waals surface area contributed by atoms with Gasteiger partial charge in [0.15, 0.2) is 0 Å². The van der Waals surface area contributed by atoms with Gasteiger partial charge in [0.1, 0.15) is 5.82 Å². The number of hydrogen-bond acceptors (Lipinski definition) is 5. The van der Waals surface area contributed by atoms with Crippen LogP contribution in [0.1, 0.15) is 61.2 Å². The predicted octanol–water partition coefficient (Wildman–Crippen LogP) is 2.58. The highest BCUT2D eigenvalue weighted by molar-refractivity contribution is 5.84. The smallest absolute Gasteiger partial charge is 0.228 e. The summed E-state index contributed by atoms with van der Waals surface area (Å²) in [7, 11) is 2.09. The van der Waals surface area contributed by atoms with E-state index in [9.17, 15) is 4.79 Å². The molecule has 2 aliphatic heterocycles. The van der Waals surface area contributed by atoms with E-state index in [2.05, 4.69) is 52.6 Å². The van der Waals surface area contributed by atoms with Gasteiger partial charge in [0, 0.05) is 31.0 Å². The first kappa shape index (κ1) is 20.0. The quantitative estimate of drug-likeness (QED) is 0.812. The van der Waals surface area contributed by atoms with Gasteiger partial charge in [-0.05, 0) is 46.5 Å². The summed E-state index contributed by atoms with van der Waals surface area (Å²) in [6, 6.07) is 0.737. The number of carbonyl (C=O) groups is 1. The van der Waals surface area contributed by atoms with Crippen molar-refractivity contribution in [1.82, 2.24) is 29.7 Å². The van der Waals surface area contributed by atoms with Crippen LogP contribution >= 0.6 is 0 Å². The average molecular weight is 397 g/mol. The number of nitrogens with zero attached hydrogens (tertiary/aromatic N) is 5. The molecule has 2 aromatic rings. The molecule has 0 unspecified atom stereocenters. The number of hydrogen-bond donors (Lipinski definition) is 1. The van der Waals surface area contributed by atoms with Crippen molar-refractivity contribution in [1.29, 1.82) is 0 Å². The second-order valence-corrected chi connectivity index (χ2v) is 8.72. The second-order valence-electron chi connectivity index (χ2n) is 8.72. The largest absolute Gasteiger partial charge is 0.350 e. The maximum atomic E-state index is 13.3. The van der Waals surface area contributed by atoms with Crippen LogP contribution in [0.3, 0.4) is 0 Å². The average Bonchev–Trinajstić information content (AvgIpc) is 3.33. The summed E-state index contributed by atoms with van der Waals surface area (Å²) in [5, 5.41) is 3.16. The summed E-state index contributed by atoms with van der Waals surface area (Å²) in [6.07, 6.45) is 7.53. The van der Waals surface area contributed by atoms with Crippen LogP contribution in [-0.4, -0.2) is 42.4 Å². The lowest BCUT2D eigenvalue weighted by atomic mass is 9.71. The fraction of sp³-hybridized carbons (Fsp3) is 0.636. The van der Waals surface area contributed by atoms with Crippen molar-refractivity contribution >= 4 is 5.91 Å². The minimum absolute atomic E-state index is 0.159. The minimum Gasteiger partial charge on any atom is -0.350 e. The molecule has 1 amide bonds. The fourth-order valence-corrected chi connectivity index (χ4v) is 5.28. The zero-order valence-electron chi connectivity index (χ0n) is 18.2. The van der Waals surface area contributed by atoms with Crippen molar-refractivity contribution in [3.05, 3.63) is 41.0 Å². The van der Waals surface area contributed by atoms with Gasteiger partial charge < -0.3 is 9.88 Å². The number of rotatable bonds is 6. The first-order valence-corrected chi connectivity index (χ1v) is 10.7. The van der Waals surface area contributed by atoms with Crippen molar-refractivity contribution in [3.8, 4) is 0 Å². The topological polar surface area (TPSA) is 75.9 Å². The highest BCUT2D eigenvalue weighted by Gasteiger charge is 2.58. The summed E-state index contributed by atoms with van der Waals surface area (Å²) in [6.45, 7) is 9.49. The summed E-state index contributed by atoms with van der Waals surface area (Å²) < 4.78 is 2.19. The number of aryl methyl sites for hydroxylation is 2. The Bertz CT molecular complexity index is 905. The lowest BCUT2D eigenvalue weighted by molar-refractivity contribution is -0.133. The van der Waals surface area contributed by atoms with Gasteiger partial charge in [-0.3, -0.25) is 19.7 Å². The van der Waals surface area contributed by atoms with Crippen molar-refractivity contribution < 1.29 is 4.79 Å². The van der Waals surface area contributed by atoms with Crippen LogP contribution in [0.25, 0.3) is 0 Å². The molecule has 156 valence electrons. The minimum atomic E-state index is -0.323. The Hall–Kier alpha value is -2.28. The van der Waals surface area contributed by atoms with Gasteiger partial charge in [0.2, 0.25) is 5.91 Å². The molecule has 0 spiro atoms. The van der Waals surface area contributed by atoms with Gasteiger partial charge >= 0.3 is 0 Å². The number of nitrogens with one attached hydrogen (secondary N) is 1. The summed E-state index contributed by atoms with van der Waals surface area (Å²) in [4.78, 5) is 29.3. The molecule has 4 heterocycles. The van der Waals surface area contributed by atoms with E-state index < -0.39 is 0 Å². The Kier molecular flexibility index (Phi) is 5.19. The number of amides is 1. The summed E-state index contributed by atoms with van der Waals surface area (Å²) >= 11 is 0. The molecular weight excluding hydrogens is 364 g/mol. The SMILES string of the molecule is CC[C@@]1(C(=O)NCc2cnc(C)cn2)C[C@@H]2CC[C@H]1N2Cc1nc(C)c(C)n1C. The number of aromatic nitrogens is 4. The van der Waals surface area contributed by atoms with Gasteiger partial charge in [-0.1, -0.05) is 6.92 Å². The molecule has 0 aromatic carbocycles. The standard InChI is InChI=1S/C22H32N6O/c1-6-22(21(29)25-12-17-11-23-14(2)10-24-17)9-18-7-8-19(22)28(18)13-20-26-15(3)16(4)27(20)5/h10-11,18-19H,6-9,12-13H2,1-5H3,(H,25,29)/t18-,19+,22+/m0/s1. The van der Waals surface area contributed by atoms with Gasteiger partial charge in [-0.25, -0.2) is 4.98 Å². The molecule has 3 atom stereocenters. The van der Waals surface area contributed by atoms with Crippen LogP contribution in [-0.2, 0) is 24.9 Å². The van der Waals surface area contributed by atoms with E-state index in [1.54, 1.807) is 12.4 Å². The van der Waals surface area contributed by atoms with Crippen LogP contribution in [0, 0.1) is 26.2 Å².